The van der Waals surface area contributed by atoms with E-state index >= 15 is 0 Å². The van der Waals surface area contributed by atoms with Crippen molar-refractivity contribution in [2.45, 2.75) is 39.0 Å². The van der Waals surface area contributed by atoms with E-state index < -0.39 is 0 Å². The van der Waals surface area contributed by atoms with Crippen LogP contribution in [0.5, 0.6) is 0 Å². The van der Waals surface area contributed by atoms with Crippen LogP contribution in [0.3, 0.4) is 0 Å². The van der Waals surface area contributed by atoms with Gasteiger partial charge in [-0.25, -0.2) is 0 Å². The zero-order chi connectivity index (χ0) is 17.5. The molecule has 0 aliphatic carbocycles. The number of hydrogen-bond donors (Lipinski definition) is 1. The predicted molar refractivity (Wildman–Crippen MR) is 105 cm³/mol. The van der Waals surface area contributed by atoms with Crippen molar-refractivity contribution in [3.63, 3.8) is 0 Å². The fourth-order valence-electron chi connectivity index (χ4n) is 2.72. The van der Waals surface area contributed by atoms with Gasteiger partial charge in [0, 0.05) is 10.8 Å². The van der Waals surface area contributed by atoms with Gasteiger partial charge in [-0.3, -0.25) is 4.79 Å². The molecule has 0 saturated heterocycles. The standard InChI is InChI=1S/C20H24ClNOS/c1-4-19(17-10-9-14(2)11-15(17)3)22-20(23)13-24-12-16-7-5-6-8-18(16)21/h5-11,19H,4,12-13H2,1-3H3,(H,22,23)/t19-/m1/s1. The second kappa shape index (κ2) is 9.14. The first kappa shape index (κ1) is 18.9. The molecule has 0 saturated carbocycles. The molecule has 24 heavy (non-hydrogen) atoms. The maximum absolute atomic E-state index is 12.3. The minimum absolute atomic E-state index is 0.0684. The zero-order valence-electron chi connectivity index (χ0n) is 14.4. The average molecular weight is 362 g/mol. The molecular weight excluding hydrogens is 338 g/mol. The van der Waals surface area contributed by atoms with Crippen LogP contribution in [0, 0.1) is 13.8 Å². The lowest BCUT2D eigenvalue weighted by molar-refractivity contribution is -0.119. The summed E-state index contributed by atoms with van der Waals surface area (Å²) in [4.78, 5) is 12.3. The molecule has 0 aliphatic heterocycles. The third kappa shape index (κ3) is 5.29. The first-order valence-electron chi connectivity index (χ1n) is 8.19. The van der Waals surface area contributed by atoms with Crippen molar-refractivity contribution in [2.24, 2.45) is 0 Å². The summed E-state index contributed by atoms with van der Waals surface area (Å²) in [6, 6.07) is 14.2. The Morgan fingerprint density at radius 2 is 1.96 bits per heavy atom. The molecule has 0 fully saturated rings. The molecule has 2 aromatic carbocycles. The van der Waals surface area contributed by atoms with Crippen molar-refractivity contribution in [1.82, 2.24) is 5.32 Å². The molecule has 0 unspecified atom stereocenters. The van der Waals surface area contributed by atoms with Gasteiger partial charge in [0.1, 0.15) is 0 Å². The zero-order valence-corrected chi connectivity index (χ0v) is 16.0. The number of carbonyl (C=O) groups is 1. The lowest BCUT2D eigenvalue weighted by Crippen LogP contribution is -2.30. The Morgan fingerprint density at radius 3 is 2.62 bits per heavy atom. The van der Waals surface area contributed by atoms with Crippen molar-refractivity contribution < 1.29 is 4.79 Å². The summed E-state index contributed by atoms with van der Waals surface area (Å²) in [7, 11) is 0. The second-order valence-corrected chi connectivity index (χ2v) is 7.37. The molecule has 0 spiro atoms. The molecule has 128 valence electrons. The number of aryl methyl sites for hydroxylation is 2. The maximum Gasteiger partial charge on any atom is 0.230 e. The summed E-state index contributed by atoms with van der Waals surface area (Å²) in [5.74, 6) is 1.25. The van der Waals surface area contributed by atoms with Crippen LogP contribution in [0.1, 0.15) is 41.6 Å². The van der Waals surface area contributed by atoms with Crippen LogP contribution in [-0.4, -0.2) is 11.7 Å². The summed E-state index contributed by atoms with van der Waals surface area (Å²) >= 11 is 7.73. The number of nitrogens with one attached hydrogen (secondary N) is 1. The fourth-order valence-corrected chi connectivity index (χ4v) is 3.85. The number of amides is 1. The van der Waals surface area contributed by atoms with Crippen LogP contribution in [0.25, 0.3) is 0 Å². The van der Waals surface area contributed by atoms with E-state index in [0.717, 1.165) is 22.8 Å². The molecule has 1 N–H and O–H groups in total. The Bertz CT molecular complexity index is 702. The molecule has 0 aliphatic rings. The van der Waals surface area contributed by atoms with Crippen LogP contribution in [0.15, 0.2) is 42.5 Å². The predicted octanol–water partition coefficient (Wildman–Crippen LogP) is 5.46. The summed E-state index contributed by atoms with van der Waals surface area (Å²) in [6.07, 6.45) is 0.880. The lowest BCUT2D eigenvalue weighted by atomic mass is 9.97. The number of thioether (sulfide) groups is 1. The van der Waals surface area contributed by atoms with Crippen LogP contribution in [0.4, 0.5) is 0 Å². The highest BCUT2D eigenvalue weighted by molar-refractivity contribution is 7.99. The molecule has 4 heteroatoms. The molecule has 2 aromatic rings. The summed E-state index contributed by atoms with van der Waals surface area (Å²) in [6.45, 7) is 6.28. The second-order valence-electron chi connectivity index (χ2n) is 5.97. The van der Waals surface area contributed by atoms with Crippen molar-refractivity contribution >= 4 is 29.3 Å². The molecule has 0 radical (unpaired) electrons. The van der Waals surface area contributed by atoms with E-state index in [1.165, 1.54) is 16.7 Å². The molecule has 2 nitrogen and oxygen atoms in total. The number of rotatable bonds is 7. The molecule has 2 rings (SSSR count). The average Bonchev–Trinajstić information content (AvgIpc) is 2.55. The largest absolute Gasteiger partial charge is 0.349 e. The van der Waals surface area contributed by atoms with E-state index in [9.17, 15) is 4.79 Å². The van der Waals surface area contributed by atoms with Crippen LogP contribution >= 0.6 is 23.4 Å². The molecule has 0 aromatic heterocycles. The smallest absolute Gasteiger partial charge is 0.230 e. The van der Waals surface area contributed by atoms with E-state index in [2.05, 4.69) is 44.3 Å². The molecule has 1 atom stereocenters. The van der Waals surface area contributed by atoms with Gasteiger partial charge in [-0.1, -0.05) is 60.5 Å². The van der Waals surface area contributed by atoms with E-state index in [1.807, 2.05) is 24.3 Å². The van der Waals surface area contributed by atoms with E-state index in [0.29, 0.717) is 5.75 Å². The van der Waals surface area contributed by atoms with Crippen molar-refractivity contribution in [2.75, 3.05) is 5.75 Å². The Labute approximate surface area is 154 Å². The van der Waals surface area contributed by atoms with Gasteiger partial charge in [-0.05, 0) is 43.0 Å². The fraction of sp³-hybridized carbons (Fsp3) is 0.350. The van der Waals surface area contributed by atoms with Gasteiger partial charge >= 0.3 is 0 Å². The van der Waals surface area contributed by atoms with Gasteiger partial charge in [0.25, 0.3) is 0 Å². The Morgan fingerprint density at radius 1 is 1.21 bits per heavy atom. The summed E-state index contributed by atoms with van der Waals surface area (Å²) in [5, 5.41) is 3.91. The Balaban J connectivity index is 1.89. The maximum atomic E-state index is 12.3. The van der Waals surface area contributed by atoms with Crippen LogP contribution in [-0.2, 0) is 10.5 Å². The quantitative estimate of drug-likeness (QED) is 0.709. The third-order valence-corrected chi connectivity index (χ3v) is 5.34. The number of halogens is 1. The topological polar surface area (TPSA) is 29.1 Å². The minimum Gasteiger partial charge on any atom is -0.349 e. The van der Waals surface area contributed by atoms with Gasteiger partial charge in [-0.2, -0.15) is 0 Å². The van der Waals surface area contributed by atoms with Gasteiger partial charge in [-0.15, -0.1) is 11.8 Å². The first-order chi connectivity index (χ1) is 11.5. The van der Waals surface area contributed by atoms with Gasteiger partial charge in [0.05, 0.1) is 11.8 Å². The Kier molecular flexibility index (Phi) is 7.19. The van der Waals surface area contributed by atoms with Gasteiger partial charge in [0.2, 0.25) is 5.91 Å². The van der Waals surface area contributed by atoms with E-state index in [-0.39, 0.29) is 11.9 Å². The lowest BCUT2D eigenvalue weighted by Gasteiger charge is -2.20. The highest BCUT2D eigenvalue weighted by Gasteiger charge is 2.15. The van der Waals surface area contributed by atoms with E-state index in [4.69, 9.17) is 11.6 Å². The van der Waals surface area contributed by atoms with E-state index in [1.54, 1.807) is 11.8 Å². The molecule has 0 bridgehead atoms. The monoisotopic (exact) mass is 361 g/mol. The third-order valence-electron chi connectivity index (χ3n) is 3.99. The minimum atomic E-state index is 0.0684. The number of hydrogen-bond acceptors (Lipinski definition) is 2. The van der Waals surface area contributed by atoms with Crippen molar-refractivity contribution in [1.29, 1.82) is 0 Å². The normalized spacial score (nSPS) is 12.0. The van der Waals surface area contributed by atoms with Gasteiger partial charge in [0.15, 0.2) is 0 Å². The van der Waals surface area contributed by atoms with Crippen molar-refractivity contribution in [3.8, 4) is 0 Å². The highest BCUT2D eigenvalue weighted by atomic mass is 35.5. The van der Waals surface area contributed by atoms with Gasteiger partial charge < -0.3 is 5.32 Å². The van der Waals surface area contributed by atoms with Crippen LogP contribution in [0.2, 0.25) is 5.02 Å². The SMILES string of the molecule is CC[C@@H](NC(=O)CSCc1ccccc1Cl)c1ccc(C)cc1C. The number of carbonyl (C=O) groups excluding carboxylic acids is 1. The molecular formula is C20H24ClNOS. The van der Waals surface area contributed by atoms with Crippen LogP contribution < -0.4 is 5.32 Å². The summed E-state index contributed by atoms with van der Waals surface area (Å²) in [5.41, 5.74) is 4.74. The Hall–Kier alpha value is -1.45. The first-order valence-corrected chi connectivity index (χ1v) is 9.72. The number of benzene rings is 2. The molecule has 0 heterocycles. The molecule has 1 amide bonds. The summed E-state index contributed by atoms with van der Waals surface area (Å²) < 4.78 is 0. The van der Waals surface area contributed by atoms with Crippen molar-refractivity contribution in [3.05, 3.63) is 69.7 Å². The highest BCUT2D eigenvalue weighted by Crippen LogP contribution is 2.23.